The van der Waals surface area contributed by atoms with Gasteiger partial charge in [0.25, 0.3) is 0 Å². The Morgan fingerprint density at radius 1 is 0.900 bits per heavy atom. The molecule has 0 aromatic heterocycles. The molecule has 0 saturated carbocycles. The highest BCUT2D eigenvalue weighted by Crippen LogP contribution is 2.10. The van der Waals surface area contributed by atoms with E-state index in [1.165, 1.54) is 12.0 Å². The number of allylic oxidation sites excluding steroid dienone is 1. The lowest BCUT2D eigenvalue weighted by Crippen LogP contribution is -1.77. The molecule has 0 aliphatic heterocycles. The first kappa shape index (κ1) is 14.6. The van der Waals surface area contributed by atoms with Crippen LogP contribution in [0.3, 0.4) is 0 Å². The van der Waals surface area contributed by atoms with E-state index >= 15 is 0 Å². The lowest BCUT2D eigenvalue weighted by Gasteiger charge is -1.94. The molecule has 2 rings (SSSR count). The van der Waals surface area contributed by atoms with E-state index in [4.69, 9.17) is 0 Å². The van der Waals surface area contributed by atoms with Gasteiger partial charge in [-0.2, -0.15) is 0 Å². The van der Waals surface area contributed by atoms with Crippen LogP contribution in [0.15, 0.2) is 59.1 Å². The van der Waals surface area contributed by atoms with Gasteiger partial charge in [0, 0.05) is 15.6 Å². The van der Waals surface area contributed by atoms with Crippen LogP contribution in [0, 0.1) is 11.8 Å². The van der Waals surface area contributed by atoms with Gasteiger partial charge in [0.2, 0.25) is 0 Å². The molecule has 0 unspecified atom stereocenters. The van der Waals surface area contributed by atoms with E-state index in [0.29, 0.717) is 0 Å². The fourth-order valence-electron chi connectivity index (χ4n) is 1.74. The van der Waals surface area contributed by atoms with Crippen LogP contribution in [-0.4, -0.2) is 0 Å². The predicted octanol–water partition coefficient (Wildman–Crippen LogP) is 5.66. The van der Waals surface area contributed by atoms with Gasteiger partial charge in [-0.15, -0.1) is 0 Å². The van der Waals surface area contributed by atoms with E-state index in [9.17, 15) is 0 Å². The highest BCUT2D eigenvalue weighted by Gasteiger charge is 1.90. The summed E-state index contributed by atoms with van der Waals surface area (Å²) >= 11 is 3.42. The molecular weight excluding hydrogens is 308 g/mol. The molecule has 0 amide bonds. The van der Waals surface area contributed by atoms with Crippen LogP contribution in [0.4, 0.5) is 0 Å². The van der Waals surface area contributed by atoms with E-state index in [0.717, 1.165) is 22.0 Å². The zero-order chi connectivity index (χ0) is 14.2. The first-order valence-electron chi connectivity index (χ1n) is 6.82. The summed E-state index contributed by atoms with van der Waals surface area (Å²) in [6, 6.07) is 16.4. The van der Waals surface area contributed by atoms with Crippen LogP contribution in [0.5, 0.6) is 0 Å². The fourth-order valence-corrected chi connectivity index (χ4v) is 2.01. The molecule has 1 heteroatoms. The molecule has 2 aromatic rings. The summed E-state index contributed by atoms with van der Waals surface area (Å²) < 4.78 is 1.08. The summed E-state index contributed by atoms with van der Waals surface area (Å²) in [5, 5.41) is 0. The molecule has 0 spiro atoms. The van der Waals surface area contributed by atoms with Gasteiger partial charge in [0.1, 0.15) is 0 Å². The van der Waals surface area contributed by atoms with Crippen LogP contribution in [-0.2, 0) is 0 Å². The maximum Gasteiger partial charge on any atom is 0.0249 e. The maximum absolute atomic E-state index is 3.42. The molecule has 0 heterocycles. The van der Waals surface area contributed by atoms with Crippen molar-refractivity contribution in [3.8, 4) is 11.8 Å². The van der Waals surface area contributed by atoms with E-state index < -0.39 is 0 Å². The predicted molar refractivity (Wildman–Crippen MR) is 90.5 cm³/mol. The molecule has 0 saturated heterocycles. The Balaban J connectivity index is 2.06. The van der Waals surface area contributed by atoms with Crippen molar-refractivity contribution in [2.24, 2.45) is 0 Å². The molecule has 0 aliphatic carbocycles. The minimum Gasteiger partial charge on any atom is -0.0840 e. The van der Waals surface area contributed by atoms with Gasteiger partial charge in [-0.05, 0) is 48.4 Å². The first-order chi connectivity index (χ1) is 9.78. The van der Waals surface area contributed by atoms with Crippen molar-refractivity contribution in [1.29, 1.82) is 0 Å². The Labute approximate surface area is 129 Å². The molecule has 0 nitrogen and oxygen atoms in total. The van der Waals surface area contributed by atoms with E-state index in [-0.39, 0.29) is 0 Å². The van der Waals surface area contributed by atoms with Crippen LogP contribution >= 0.6 is 15.9 Å². The Kier molecular flexibility index (Phi) is 5.65. The average Bonchev–Trinajstić information content (AvgIpc) is 2.48. The number of hydrogen-bond acceptors (Lipinski definition) is 0. The number of unbranched alkanes of at least 4 members (excludes halogenated alkanes) is 1. The highest BCUT2D eigenvalue weighted by molar-refractivity contribution is 9.10. The van der Waals surface area contributed by atoms with Crippen molar-refractivity contribution >= 4 is 22.0 Å². The lowest BCUT2D eigenvalue weighted by atomic mass is 10.1. The van der Waals surface area contributed by atoms with Crippen LogP contribution in [0.1, 0.15) is 36.5 Å². The Morgan fingerprint density at radius 3 is 2.00 bits per heavy atom. The second-order valence-electron chi connectivity index (χ2n) is 4.57. The van der Waals surface area contributed by atoms with Gasteiger partial charge < -0.3 is 0 Å². The summed E-state index contributed by atoms with van der Waals surface area (Å²) in [6.07, 6.45) is 6.69. The van der Waals surface area contributed by atoms with Crippen LogP contribution < -0.4 is 0 Å². The van der Waals surface area contributed by atoms with Crippen molar-refractivity contribution in [3.63, 3.8) is 0 Å². The van der Waals surface area contributed by atoms with Crippen molar-refractivity contribution in [1.82, 2.24) is 0 Å². The zero-order valence-corrected chi connectivity index (χ0v) is 13.2. The maximum atomic E-state index is 3.42. The van der Waals surface area contributed by atoms with E-state index in [1.807, 2.05) is 24.3 Å². The van der Waals surface area contributed by atoms with Crippen molar-refractivity contribution < 1.29 is 0 Å². The van der Waals surface area contributed by atoms with Crippen LogP contribution in [0.25, 0.3) is 6.08 Å². The third-order valence-electron chi connectivity index (χ3n) is 2.87. The molecule has 0 fully saturated rings. The minimum absolute atomic E-state index is 1.03. The Bertz CT molecular complexity index is 622. The molecule has 0 N–H and O–H groups in total. The number of benzene rings is 2. The Morgan fingerprint density at radius 2 is 1.45 bits per heavy atom. The summed E-state index contributed by atoms with van der Waals surface area (Å²) in [5.74, 6) is 6.36. The smallest absolute Gasteiger partial charge is 0.0249 e. The standard InChI is InChI=1S/C19H17Br/c1-2-3-4-5-16-6-8-17(9-7-16)10-11-18-12-14-19(20)15-13-18/h4-9,12-15H,2-3H2,1H3/b5-4+. The second kappa shape index (κ2) is 7.72. The quantitative estimate of drug-likeness (QED) is 0.639. The molecule has 2 aromatic carbocycles. The third-order valence-corrected chi connectivity index (χ3v) is 3.40. The molecule has 20 heavy (non-hydrogen) atoms. The molecule has 0 atom stereocenters. The summed E-state index contributed by atoms with van der Waals surface area (Å²) in [7, 11) is 0. The fraction of sp³-hybridized carbons (Fsp3) is 0.158. The van der Waals surface area contributed by atoms with Gasteiger partial charge in [-0.25, -0.2) is 0 Å². The van der Waals surface area contributed by atoms with Gasteiger partial charge >= 0.3 is 0 Å². The monoisotopic (exact) mass is 324 g/mol. The molecular formula is C19H17Br. The normalized spacial score (nSPS) is 10.3. The molecule has 0 aliphatic rings. The largest absolute Gasteiger partial charge is 0.0840 e. The van der Waals surface area contributed by atoms with Crippen LogP contribution in [0.2, 0.25) is 0 Å². The molecule has 0 radical (unpaired) electrons. The van der Waals surface area contributed by atoms with Gasteiger partial charge in [0.05, 0.1) is 0 Å². The van der Waals surface area contributed by atoms with Gasteiger partial charge in [-0.1, -0.05) is 65.4 Å². The summed E-state index contributed by atoms with van der Waals surface area (Å²) in [4.78, 5) is 0. The third kappa shape index (κ3) is 4.72. The van der Waals surface area contributed by atoms with Crippen molar-refractivity contribution in [2.45, 2.75) is 19.8 Å². The average molecular weight is 325 g/mol. The van der Waals surface area contributed by atoms with E-state index in [1.54, 1.807) is 0 Å². The van der Waals surface area contributed by atoms with Gasteiger partial charge in [0.15, 0.2) is 0 Å². The highest BCUT2D eigenvalue weighted by atomic mass is 79.9. The van der Waals surface area contributed by atoms with Crippen molar-refractivity contribution in [3.05, 3.63) is 75.8 Å². The summed E-state index contributed by atoms with van der Waals surface area (Å²) in [6.45, 7) is 2.19. The first-order valence-corrected chi connectivity index (χ1v) is 7.61. The lowest BCUT2D eigenvalue weighted by molar-refractivity contribution is 0.962. The number of rotatable bonds is 3. The van der Waals surface area contributed by atoms with E-state index in [2.05, 4.69) is 71.1 Å². The molecule has 0 bridgehead atoms. The number of hydrogen-bond donors (Lipinski definition) is 0. The minimum atomic E-state index is 1.03. The van der Waals surface area contributed by atoms with Gasteiger partial charge in [-0.3, -0.25) is 0 Å². The number of halogens is 1. The van der Waals surface area contributed by atoms with Crippen molar-refractivity contribution in [2.75, 3.05) is 0 Å². The second-order valence-corrected chi connectivity index (χ2v) is 5.49. The summed E-state index contributed by atoms with van der Waals surface area (Å²) in [5.41, 5.74) is 3.30. The topological polar surface area (TPSA) is 0 Å². The SMILES string of the molecule is CCC/C=C/c1ccc(C#Cc2ccc(Br)cc2)cc1. The Hall–Kier alpha value is -1.78. The zero-order valence-electron chi connectivity index (χ0n) is 11.6. The molecule has 100 valence electrons.